The lowest BCUT2D eigenvalue weighted by atomic mass is 10.0. The Kier molecular flexibility index (Phi) is 6.41. The largest absolute Gasteiger partial charge is 0.399 e. The Hall–Kier alpha value is -0.700. The molecule has 1 atom stereocenters. The fourth-order valence-corrected chi connectivity index (χ4v) is 2.92. The Balaban J connectivity index is 2.47. The first-order chi connectivity index (χ1) is 8.17. The molecule has 1 aromatic rings. The molecule has 0 bridgehead atoms. The molecule has 1 nitrogen and oxygen atoms in total. The van der Waals surface area contributed by atoms with E-state index >= 15 is 0 Å². The van der Waals surface area contributed by atoms with Gasteiger partial charge in [0.1, 0.15) is 5.82 Å². The molecule has 96 valence electrons. The quantitative estimate of drug-likeness (QED) is 0.563. The van der Waals surface area contributed by atoms with Crippen LogP contribution in [0.4, 0.5) is 10.1 Å². The fourth-order valence-electron chi connectivity index (χ4n) is 1.74. The molecular formula is C14H22FNS. The molecule has 0 aliphatic heterocycles. The van der Waals surface area contributed by atoms with Crippen molar-refractivity contribution in [3.8, 4) is 0 Å². The first kappa shape index (κ1) is 14.4. The van der Waals surface area contributed by atoms with Crippen LogP contribution in [0.15, 0.2) is 23.1 Å². The van der Waals surface area contributed by atoms with Crippen molar-refractivity contribution < 1.29 is 4.39 Å². The lowest BCUT2D eigenvalue weighted by Crippen LogP contribution is -2.02. The van der Waals surface area contributed by atoms with Gasteiger partial charge in [0.15, 0.2) is 0 Å². The van der Waals surface area contributed by atoms with Gasteiger partial charge in [-0.3, -0.25) is 0 Å². The molecule has 0 amide bonds. The molecule has 17 heavy (non-hydrogen) atoms. The van der Waals surface area contributed by atoms with Gasteiger partial charge in [0, 0.05) is 16.3 Å². The molecule has 0 aromatic heterocycles. The minimum atomic E-state index is -0.194. The lowest BCUT2D eigenvalue weighted by Gasteiger charge is -2.14. The number of halogens is 1. The number of hydrogen-bond donors (Lipinski definition) is 1. The molecule has 0 aliphatic carbocycles. The topological polar surface area (TPSA) is 26.0 Å². The zero-order valence-electron chi connectivity index (χ0n) is 10.7. The highest BCUT2D eigenvalue weighted by Gasteiger charge is 2.09. The van der Waals surface area contributed by atoms with Gasteiger partial charge < -0.3 is 5.73 Å². The second-order valence-electron chi connectivity index (χ2n) is 4.42. The predicted molar refractivity (Wildman–Crippen MR) is 74.8 cm³/mol. The molecular weight excluding hydrogens is 233 g/mol. The van der Waals surface area contributed by atoms with Crippen LogP contribution in [0.3, 0.4) is 0 Å². The molecule has 1 rings (SSSR count). The Bertz CT molecular complexity index is 341. The van der Waals surface area contributed by atoms with Crippen molar-refractivity contribution in [2.24, 2.45) is 5.92 Å². The van der Waals surface area contributed by atoms with Crippen molar-refractivity contribution in [2.45, 2.75) is 44.4 Å². The van der Waals surface area contributed by atoms with E-state index in [-0.39, 0.29) is 5.82 Å². The zero-order chi connectivity index (χ0) is 12.7. The Morgan fingerprint density at radius 1 is 1.35 bits per heavy atom. The van der Waals surface area contributed by atoms with Gasteiger partial charge in [-0.25, -0.2) is 4.39 Å². The lowest BCUT2D eigenvalue weighted by molar-refractivity contribution is 0.499. The van der Waals surface area contributed by atoms with Crippen LogP contribution in [0.2, 0.25) is 0 Å². The van der Waals surface area contributed by atoms with Crippen molar-refractivity contribution >= 4 is 17.4 Å². The molecule has 0 radical (unpaired) electrons. The van der Waals surface area contributed by atoms with Crippen molar-refractivity contribution in [3.63, 3.8) is 0 Å². The van der Waals surface area contributed by atoms with E-state index in [1.54, 1.807) is 23.9 Å². The molecule has 0 saturated heterocycles. The molecule has 0 saturated carbocycles. The first-order valence-corrected chi connectivity index (χ1v) is 7.33. The van der Waals surface area contributed by atoms with Gasteiger partial charge in [0.25, 0.3) is 0 Å². The number of rotatable bonds is 7. The standard InChI is InChI=1S/C14H22FNS/c1-3-5-6-11(4-2)10-17-14-8-7-12(16)9-13(14)15/h7-9,11H,3-6,10,16H2,1-2H3. The van der Waals surface area contributed by atoms with E-state index in [9.17, 15) is 4.39 Å². The summed E-state index contributed by atoms with van der Waals surface area (Å²) in [5.74, 6) is 1.49. The van der Waals surface area contributed by atoms with E-state index < -0.39 is 0 Å². The van der Waals surface area contributed by atoms with Gasteiger partial charge in [0.2, 0.25) is 0 Å². The summed E-state index contributed by atoms with van der Waals surface area (Å²) in [6.45, 7) is 4.42. The molecule has 0 fully saturated rings. The zero-order valence-corrected chi connectivity index (χ0v) is 11.5. The number of thioether (sulfide) groups is 1. The van der Waals surface area contributed by atoms with Gasteiger partial charge >= 0.3 is 0 Å². The van der Waals surface area contributed by atoms with E-state index in [0.717, 1.165) is 5.75 Å². The van der Waals surface area contributed by atoms with Crippen LogP contribution in [0.5, 0.6) is 0 Å². The van der Waals surface area contributed by atoms with Crippen LogP contribution in [0.1, 0.15) is 39.5 Å². The van der Waals surface area contributed by atoms with Gasteiger partial charge in [0.05, 0.1) is 0 Å². The second kappa shape index (κ2) is 7.59. The highest BCUT2D eigenvalue weighted by atomic mass is 32.2. The third kappa shape index (κ3) is 4.99. The number of anilines is 1. The molecule has 0 spiro atoms. The third-order valence-electron chi connectivity index (χ3n) is 2.97. The highest BCUT2D eigenvalue weighted by Crippen LogP contribution is 2.27. The number of unbranched alkanes of at least 4 members (excludes halogenated alkanes) is 1. The summed E-state index contributed by atoms with van der Waals surface area (Å²) < 4.78 is 13.6. The first-order valence-electron chi connectivity index (χ1n) is 6.35. The second-order valence-corrected chi connectivity index (χ2v) is 5.48. The molecule has 3 heteroatoms. The molecule has 0 aliphatic rings. The molecule has 0 heterocycles. The van der Waals surface area contributed by atoms with Crippen molar-refractivity contribution in [2.75, 3.05) is 11.5 Å². The summed E-state index contributed by atoms with van der Waals surface area (Å²) in [6, 6.07) is 4.94. The van der Waals surface area contributed by atoms with Gasteiger partial charge in [-0.1, -0.05) is 33.1 Å². The normalized spacial score (nSPS) is 12.6. The van der Waals surface area contributed by atoms with Crippen LogP contribution in [-0.2, 0) is 0 Å². The molecule has 1 aromatic carbocycles. The minimum absolute atomic E-state index is 0.194. The van der Waals surface area contributed by atoms with Crippen LogP contribution in [0, 0.1) is 11.7 Å². The maximum absolute atomic E-state index is 13.6. The van der Waals surface area contributed by atoms with Crippen LogP contribution in [0.25, 0.3) is 0 Å². The Morgan fingerprint density at radius 2 is 2.12 bits per heavy atom. The van der Waals surface area contributed by atoms with Crippen LogP contribution < -0.4 is 5.73 Å². The number of benzene rings is 1. The SMILES string of the molecule is CCCCC(CC)CSc1ccc(N)cc1F. The number of nitrogen functional groups attached to an aromatic ring is 1. The summed E-state index contributed by atoms with van der Waals surface area (Å²) >= 11 is 1.61. The average molecular weight is 255 g/mol. The monoisotopic (exact) mass is 255 g/mol. The highest BCUT2D eigenvalue weighted by molar-refractivity contribution is 7.99. The summed E-state index contributed by atoms with van der Waals surface area (Å²) in [5, 5.41) is 0. The average Bonchev–Trinajstić information content (AvgIpc) is 2.31. The minimum Gasteiger partial charge on any atom is -0.399 e. The van der Waals surface area contributed by atoms with E-state index in [2.05, 4.69) is 13.8 Å². The van der Waals surface area contributed by atoms with Crippen molar-refractivity contribution in [3.05, 3.63) is 24.0 Å². The predicted octanol–water partition coefficient (Wildman–Crippen LogP) is 4.72. The fraction of sp³-hybridized carbons (Fsp3) is 0.571. The maximum atomic E-state index is 13.6. The maximum Gasteiger partial charge on any atom is 0.138 e. The summed E-state index contributed by atoms with van der Waals surface area (Å²) in [4.78, 5) is 0.717. The van der Waals surface area contributed by atoms with Crippen molar-refractivity contribution in [1.29, 1.82) is 0 Å². The third-order valence-corrected chi connectivity index (χ3v) is 4.25. The summed E-state index contributed by atoms with van der Waals surface area (Å²) in [5.41, 5.74) is 6.02. The number of hydrogen-bond acceptors (Lipinski definition) is 2. The number of nitrogens with two attached hydrogens (primary N) is 1. The summed E-state index contributed by atoms with van der Waals surface area (Å²) in [6.07, 6.45) is 4.92. The Labute approximate surface area is 108 Å². The molecule has 2 N–H and O–H groups in total. The van der Waals surface area contributed by atoms with Crippen molar-refractivity contribution in [1.82, 2.24) is 0 Å². The molecule has 1 unspecified atom stereocenters. The van der Waals surface area contributed by atoms with Crippen LogP contribution >= 0.6 is 11.8 Å². The van der Waals surface area contributed by atoms with E-state index in [0.29, 0.717) is 16.5 Å². The summed E-state index contributed by atoms with van der Waals surface area (Å²) in [7, 11) is 0. The Morgan fingerprint density at radius 3 is 2.71 bits per heavy atom. The van der Waals surface area contributed by atoms with Gasteiger partial charge in [-0.2, -0.15) is 0 Å². The van der Waals surface area contributed by atoms with Crippen LogP contribution in [-0.4, -0.2) is 5.75 Å². The van der Waals surface area contributed by atoms with Gasteiger partial charge in [-0.15, -0.1) is 11.8 Å². The van der Waals surface area contributed by atoms with E-state index in [1.807, 2.05) is 0 Å². The van der Waals surface area contributed by atoms with E-state index in [4.69, 9.17) is 5.73 Å². The van der Waals surface area contributed by atoms with E-state index in [1.165, 1.54) is 31.7 Å². The van der Waals surface area contributed by atoms with Gasteiger partial charge in [-0.05, 0) is 30.5 Å². The smallest absolute Gasteiger partial charge is 0.138 e.